The largest absolute Gasteiger partial charge is 0.444 e. The van der Waals surface area contributed by atoms with E-state index in [9.17, 15) is 14.7 Å². The van der Waals surface area contributed by atoms with Gasteiger partial charge in [0.1, 0.15) is 11.3 Å². The summed E-state index contributed by atoms with van der Waals surface area (Å²) in [4.78, 5) is 24.6. The zero-order valence-electron chi connectivity index (χ0n) is 13.8. The molecule has 23 heavy (non-hydrogen) atoms. The van der Waals surface area contributed by atoms with Crippen LogP contribution in [-0.2, 0) is 4.74 Å². The average molecular weight is 320 g/mol. The van der Waals surface area contributed by atoms with Gasteiger partial charge >= 0.3 is 6.09 Å². The molecule has 0 saturated heterocycles. The topological polar surface area (TPSA) is 80.6 Å². The molecule has 1 aromatic heterocycles. The summed E-state index contributed by atoms with van der Waals surface area (Å²) in [5, 5.41) is 12.5. The third-order valence-electron chi connectivity index (χ3n) is 4.31. The number of nitrogens with zero attached hydrogens (tertiary/aromatic N) is 1. The number of aliphatic hydroxyl groups is 1. The number of hydrogen-bond donors (Lipinski definition) is 2. The van der Waals surface area contributed by atoms with Crippen LogP contribution in [0.4, 0.5) is 10.5 Å². The molecule has 0 radical (unpaired) electrons. The van der Waals surface area contributed by atoms with Crippen molar-refractivity contribution in [1.82, 2.24) is 4.57 Å². The summed E-state index contributed by atoms with van der Waals surface area (Å²) in [5.74, 6) is 0.443. The summed E-state index contributed by atoms with van der Waals surface area (Å²) in [6.07, 6.45) is 4.39. The van der Waals surface area contributed by atoms with E-state index in [1.807, 2.05) is 6.20 Å². The molecule has 0 unspecified atom stereocenters. The smallest absolute Gasteiger partial charge is 0.412 e. The zero-order valence-corrected chi connectivity index (χ0v) is 13.8. The lowest BCUT2D eigenvalue weighted by molar-refractivity contribution is 0.0299. The highest BCUT2D eigenvalue weighted by atomic mass is 16.6. The highest BCUT2D eigenvalue weighted by molar-refractivity contribution is 5.84. The third kappa shape index (κ3) is 3.58. The van der Waals surface area contributed by atoms with Crippen molar-refractivity contribution >= 4 is 11.8 Å². The van der Waals surface area contributed by atoms with Crippen molar-refractivity contribution in [3.8, 4) is 0 Å². The monoisotopic (exact) mass is 320 g/mol. The Morgan fingerprint density at radius 2 is 2.00 bits per heavy atom. The highest BCUT2D eigenvalue weighted by Crippen LogP contribution is 2.41. The number of carbonyl (C=O) groups is 1. The molecule has 6 nitrogen and oxygen atoms in total. The Hall–Kier alpha value is -1.82. The van der Waals surface area contributed by atoms with E-state index < -0.39 is 17.8 Å². The lowest BCUT2D eigenvalue weighted by atomic mass is 9.88. The van der Waals surface area contributed by atoms with E-state index in [4.69, 9.17) is 4.74 Å². The van der Waals surface area contributed by atoms with Crippen molar-refractivity contribution in [3.63, 3.8) is 0 Å². The van der Waals surface area contributed by atoms with Gasteiger partial charge in [-0.2, -0.15) is 0 Å². The van der Waals surface area contributed by atoms with Gasteiger partial charge in [0, 0.05) is 6.20 Å². The van der Waals surface area contributed by atoms with Crippen molar-refractivity contribution in [2.75, 3.05) is 5.32 Å². The molecule has 0 aromatic carbocycles. The second-order valence-electron chi connectivity index (χ2n) is 7.51. The van der Waals surface area contributed by atoms with Gasteiger partial charge in [-0.1, -0.05) is 0 Å². The van der Waals surface area contributed by atoms with Crippen LogP contribution in [0.2, 0.25) is 0 Å². The summed E-state index contributed by atoms with van der Waals surface area (Å²) in [6.45, 7) is 5.32. The molecule has 2 atom stereocenters. The van der Waals surface area contributed by atoms with E-state index in [-0.39, 0.29) is 17.3 Å². The molecule has 2 aliphatic rings. The minimum absolute atomic E-state index is 0.194. The Kier molecular flexibility index (Phi) is 3.96. The summed E-state index contributed by atoms with van der Waals surface area (Å²) in [7, 11) is 0. The van der Waals surface area contributed by atoms with Crippen LogP contribution in [-0.4, -0.2) is 27.5 Å². The van der Waals surface area contributed by atoms with Crippen LogP contribution in [0.15, 0.2) is 17.1 Å². The van der Waals surface area contributed by atoms with Crippen molar-refractivity contribution in [3.05, 3.63) is 28.2 Å². The minimum atomic E-state index is -0.636. The van der Waals surface area contributed by atoms with Crippen LogP contribution in [0.3, 0.4) is 0 Å². The Morgan fingerprint density at radius 1 is 1.30 bits per heavy atom. The van der Waals surface area contributed by atoms with Crippen molar-refractivity contribution < 1.29 is 14.6 Å². The van der Waals surface area contributed by atoms with E-state index in [1.165, 1.54) is 0 Å². The lowest BCUT2D eigenvalue weighted by Crippen LogP contribution is -2.40. The van der Waals surface area contributed by atoms with Gasteiger partial charge in [-0.3, -0.25) is 10.1 Å². The number of nitrogens with one attached hydrogen (secondary N) is 1. The molecule has 3 rings (SSSR count). The number of aromatic nitrogens is 1. The quantitative estimate of drug-likeness (QED) is 0.897. The molecule has 0 bridgehead atoms. The van der Waals surface area contributed by atoms with Crippen LogP contribution in [0, 0.1) is 0 Å². The first kappa shape index (κ1) is 16.1. The molecule has 0 spiro atoms. The fourth-order valence-electron chi connectivity index (χ4n) is 2.80. The number of hydrogen-bond acceptors (Lipinski definition) is 4. The average Bonchev–Trinajstić information content (AvgIpc) is 3.23. The molecule has 2 N–H and O–H groups in total. The molecule has 126 valence electrons. The molecule has 1 heterocycles. The molecule has 0 aliphatic heterocycles. The Bertz CT molecular complexity index is 670. The molecule has 2 fully saturated rings. The summed E-state index contributed by atoms with van der Waals surface area (Å²) in [5.41, 5.74) is 0.350. The van der Waals surface area contributed by atoms with Crippen molar-refractivity contribution in [2.24, 2.45) is 0 Å². The third-order valence-corrected chi connectivity index (χ3v) is 4.31. The molecular weight excluding hydrogens is 296 g/mol. The van der Waals surface area contributed by atoms with Crippen LogP contribution in [0.5, 0.6) is 0 Å². The maximum Gasteiger partial charge on any atom is 0.412 e. The molecule has 1 amide bonds. The van der Waals surface area contributed by atoms with E-state index in [1.54, 1.807) is 31.4 Å². The lowest BCUT2D eigenvalue weighted by Gasteiger charge is -2.34. The summed E-state index contributed by atoms with van der Waals surface area (Å²) in [6, 6.07) is 1.55. The van der Waals surface area contributed by atoms with E-state index in [0.29, 0.717) is 12.3 Å². The first-order chi connectivity index (χ1) is 10.7. The second-order valence-corrected chi connectivity index (χ2v) is 7.51. The van der Waals surface area contributed by atoms with Gasteiger partial charge in [0.2, 0.25) is 0 Å². The fraction of sp³-hybridized carbons (Fsp3) is 0.647. The maximum absolute atomic E-state index is 12.6. The van der Waals surface area contributed by atoms with Gasteiger partial charge in [0.05, 0.1) is 12.1 Å². The van der Waals surface area contributed by atoms with Crippen LogP contribution < -0.4 is 10.9 Å². The summed E-state index contributed by atoms with van der Waals surface area (Å²) >= 11 is 0. The first-order valence-electron chi connectivity index (χ1n) is 8.19. The van der Waals surface area contributed by atoms with Crippen molar-refractivity contribution in [2.45, 2.75) is 70.1 Å². The Labute approximate surface area is 135 Å². The normalized spacial score (nSPS) is 24.0. The van der Waals surface area contributed by atoms with Gasteiger partial charge in [0.15, 0.2) is 0 Å². The Balaban J connectivity index is 1.89. The number of anilines is 1. The van der Waals surface area contributed by atoms with E-state index >= 15 is 0 Å². The minimum Gasteiger partial charge on any atom is -0.444 e. The van der Waals surface area contributed by atoms with Gasteiger partial charge < -0.3 is 14.4 Å². The number of pyridine rings is 1. The predicted molar refractivity (Wildman–Crippen MR) is 86.8 cm³/mol. The Morgan fingerprint density at radius 3 is 2.48 bits per heavy atom. The van der Waals surface area contributed by atoms with Crippen molar-refractivity contribution in [1.29, 1.82) is 0 Å². The number of aliphatic hydroxyl groups excluding tert-OH is 1. The first-order valence-corrected chi connectivity index (χ1v) is 8.19. The summed E-state index contributed by atoms with van der Waals surface area (Å²) < 4.78 is 6.80. The second kappa shape index (κ2) is 5.67. The van der Waals surface area contributed by atoms with Crippen LogP contribution >= 0.6 is 0 Å². The van der Waals surface area contributed by atoms with Gasteiger partial charge in [0.25, 0.3) is 5.56 Å². The highest BCUT2D eigenvalue weighted by Gasteiger charge is 2.33. The SMILES string of the molecule is CC(C)(C)OC(=O)Nc1cc(C2CC2)cn([C@@H]2CC[C@H]2O)c1=O. The number of carbonyl (C=O) groups excluding carboxylic acids is 1. The van der Waals surface area contributed by atoms with Gasteiger partial charge in [-0.15, -0.1) is 0 Å². The van der Waals surface area contributed by atoms with E-state index in [2.05, 4.69) is 5.32 Å². The molecule has 2 saturated carbocycles. The molecule has 6 heteroatoms. The molecular formula is C17H24N2O4. The number of rotatable bonds is 3. The van der Waals surface area contributed by atoms with Crippen LogP contribution in [0.1, 0.15) is 64.0 Å². The van der Waals surface area contributed by atoms with Gasteiger partial charge in [-0.25, -0.2) is 4.79 Å². The van der Waals surface area contributed by atoms with Crippen LogP contribution in [0.25, 0.3) is 0 Å². The standard InChI is InChI=1S/C17H24N2O4/c1-17(2,3)23-16(22)18-12-8-11(10-4-5-10)9-19(15(12)21)13-6-7-14(13)20/h8-10,13-14,20H,4-7H2,1-3H3,(H,18,22)/t13-,14-/m1/s1. The number of ether oxygens (including phenoxy) is 1. The van der Waals surface area contributed by atoms with Gasteiger partial charge in [-0.05, 0) is 64.0 Å². The molecule has 1 aromatic rings. The zero-order chi connectivity index (χ0) is 16.8. The fourth-order valence-corrected chi connectivity index (χ4v) is 2.80. The van der Waals surface area contributed by atoms with E-state index in [0.717, 1.165) is 24.8 Å². The predicted octanol–water partition coefficient (Wildman–Crippen LogP) is 2.77. The maximum atomic E-state index is 12.6. The number of amides is 1. The molecule has 2 aliphatic carbocycles.